The maximum Gasteiger partial charge on any atom is 0.309 e. The van der Waals surface area contributed by atoms with Gasteiger partial charge in [-0.2, -0.15) is 8.78 Å². The largest absolute Gasteiger partial charge is 0.481 e. The van der Waals surface area contributed by atoms with Crippen molar-refractivity contribution in [3.63, 3.8) is 0 Å². The summed E-state index contributed by atoms with van der Waals surface area (Å²) in [7, 11) is 0. The summed E-state index contributed by atoms with van der Waals surface area (Å²) >= 11 is 0.923. The Labute approximate surface area is 77.8 Å². The Morgan fingerprint density at radius 2 is 2.23 bits per heavy atom. The number of hydrogen-bond acceptors (Lipinski definition) is 2. The van der Waals surface area contributed by atoms with E-state index in [0.29, 0.717) is 0 Å². The van der Waals surface area contributed by atoms with Gasteiger partial charge in [0, 0.05) is 4.88 Å². The molecular weight excluding hydrogens is 198 g/mol. The van der Waals surface area contributed by atoms with Crippen molar-refractivity contribution in [2.75, 3.05) is 0 Å². The van der Waals surface area contributed by atoms with Gasteiger partial charge in [-0.3, -0.25) is 4.79 Å². The molecule has 1 rings (SSSR count). The minimum absolute atomic E-state index is 0.188. The van der Waals surface area contributed by atoms with Gasteiger partial charge >= 0.3 is 5.97 Å². The maximum absolute atomic E-state index is 13.0. The molecule has 0 aromatic carbocycles. The molecule has 0 bridgehead atoms. The van der Waals surface area contributed by atoms with E-state index in [4.69, 9.17) is 5.11 Å². The van der Waals surface area contributed by atoms with Gasteiger partial charge in [0.15, 0.2) is 0 Å². The van der Waals surface area contributed by atoms with Crippen molar-refractivity contribution < 1.29 is 18.7 Å². The fraction of sp³-hybridized carbons (Fsp3) is 0.375. The van der Waals surface area contributed by atoms with Gasteiger partial charge in [0.25, 0.3) is 5.92 Å². The van der Waals surface area contributed by atoms with E-state index in [0.717, 1.165) is 16.2 Å². The predicted octanol–water partition coefficient (Wildman–Crippen LogP) is 2.62. The fourth-order valence-electron chi connectivity index (χ4n) is 0.908. The topological polar surface area (TPSA) is 37.3 Å². The van der Waals surface area contributed by atoms with Gasteiger partial charge < -0.3 is 5.11 Å². The minimum atomic E-state index is -3.25. The van der Waals surface area contributed by atoms with Gasteiger partial charge in [0.1, 0.15) is 6.42 Å². The first kappa shape index (κ1) is 10.1. The fourth-order valence-corrected chi connectivity index (χ4v) is 1.75. The van der Waals surface area contributed by atoms with Crippen LogP contribution in [0.2, 0.25) is 0 Å². The molecule has 1 N–H and O–H groups in total. The number of hydrogen-bond donors (Lipinski definition) is 1. The molecule has 1 heterocycles. The Morgan fingerprint density at radius 1 is 1.62 bits per heavy atom. The summed E-state index contributed by atoms with van der Waals surface area (Å²) in [6, 6.07) is 2.82. The molecule has 72 valence electrons. The van der Waals surface area contributed by atoms with Gasteiger partial charge in [-0.25, -0.2) is 0 Å². The Balaban J connectivity index is 2.86. The first-order valence-corrected chi connectivity index (χ1v) is 4.40. The van der Waals surface area contributed by atoms with Crippen LogP contribution >= 0.6 is 11.3 Å². The second kappa shape index (κ2) is 3.41. The molecule has 0 aliphatic rings. The monoisotopic (exact) mass is 206 g/mol. The van der Waals surface area contributed by atoms with Crippen LogP contribution in [0.4, 0.5) is 8.78 Å². The molecule has 0 amide bonds. The van der Waals surface area contributed by atoms with Crippen LogP contribution in [-0.2, 0) is 10.7 Å². The van der Waals surface area contributed by atoms with E-state index >= 15 is 0 Å². The van der Waals surface area contributed by atoms with Gasteiger partial charge in [0.2, 0.25) is 0 Å². The van der Waals surface area contributed by atoms with E-state index in [1.54, 1.807) is 13.0 Å². The van der Waals surface area contributed by atoms with Crippen LogP contribution in [0.25, 0.3) is 0 Å². The van der Waals surface area contributed by atoms with E-state index in [9.17, 15) is 13.6 Å². The van der Waals surface area contributed by atoms with Crippen molar-refractivity contribution >= 4 is 17.3 Å². The van der Waals surface area contributed by atoms with Crippen molar-refractivity contribution in [3.05, 3.63) is 21.9 Å². The third-order valence-electron chi connectivity index (χ3n) is 1.47. The second-order valence-corrected chi connectivity index (χ2v) is 3.97. The highest BCUT2D eigenvalue weighted by molar-refractivity contribution is 7.12. The van der Waals surface area contributed by atoms with Crippen molar-refractivity contribution in [1.82, 2.24) is 0 Å². The van der Waals surface area contributed by atoms with Crippen LogP contribution in [0.3, 0.4) is 0 Å². The molecule has 0 unspecified atom stereocenters. The smallest absolute Gasteiger partial charge is 0.309 e. The molecule has 0 saturated carbocycles. The molecule has 0 spiro atoms. The van der Waals surface area contributed by atoms with E-state index < -0.39 is 18.3 Å². The van der Waals surface area contributed by atoms with E-state index in [2.05, 4.69) is 0 Å². The van der Waals surface area contributed by atoms with Crippen LogP contribution in [0, 0.1) is 6.92 Å². The highest BCUT2D eigenvalue weighted by Crippen LogP contribution is 2.35. The number of carboxylic acids is 1. The standard InChI is InChI=1S/C8H8F2O2S/c1-5-2-3-6(13-5)8(9,10)4-7(11)12/h2-3H,4H2,1H3,(H,11,12). The second-order valence-electron chi connectivity index (χ2n) is 2.69. The number of carbonyl (C=O) groups is 1. The summed E-state index contributed by atoms with van der Waals surface area (Å²) in [4.78, 5) is 10.7. The van der Waals surface area contributed by atoms with Crippen LogP contribution < -0.4 is 0 Å². The van der Waals surface area contributed by atoms with Gasteiger partial charge in [-0.1, -0.05) is 0 Å². The summed E-state index contributed by atoms with van der Waals surface area (Å²) in [5.41, 5.74) is 0. The summed E-state index contributed by atoms with van der Waals surface area (Å²) in [5.74, 6) is -4.74. The van der Waals surface area contributed by atoms with E-state index in [-0.39, 0.29) is 4.88 Å². The molecule has 2 nitrogen and oxygen atoms in total. The Kier molecular flexibility index (Phi) is 2.66. The highest BCUT2D eigenvalue weighted by atomic mass is 32.1. The Bertz CT molecular complexity index is 320. The number of carboxylic acid groups (broad SMARTS) is 1. The Morgan fingerprint density at radius 3 is 2.62 bits per heavy atom. The molecule has 5 heteroatoms. The van der Waals surface area contributed by atoms with Gasteiger partial charge in [-0.15, -0.1) is 11.3 Å². The molecule has 13 heavy (non-hydrogen) atoms. The summed E-state index contributed by atoms with van der Waals surface area (Å²) < 4.78 is 26.1. The lowest BCUT2D eigenvalue weighted by Gasteiger charge is -2.10. The third kappa shape index (κ3) is 2.48. The molecule has 0 radical (unpaired) electrons. The first-order chi connectivity index (χ1) is 5.92. The quantitative estimate of drug-likeness (QED) is 0.825. The lowest BCUT2D eigenvalue weighted by molar-refractivity contribution is -0.145. The molecule has 0 saturated heterocycles. The van der Waals surface area contributed by atoms with Crippen molar-refractivity contribution in [2.24, 2.45) is 0 Å². The molecule has 0 fully saturated rings. The van der Waals surface area contributed by atoms with Gasteiger partial charge in [-0.05, 0) is 19.1 Å². The maximum atomic E-state index is 13.0. The lowest BCUT2D eigenvalue weighted by Crippen LogP contribution is -2.16. The van der Waals surface area contributed by atoms with E-state index in [1.165, 1.54) is 6.07 Å². The third-order valence-corrected chi connectivity index (χ3v) is 2.59. The van der Waals surface area contributed by atoms with Crippen molar-refractivity contribution in [3.8, 4) is 0 Å². The Hall–Kier alpha value is -0.970. The van der Waals surface area contributed by atoms with Crippen molar-refractivity contribution in [2.45, 2.75) is 19.3 Å². The summed E-state index contributed by atoms with van der Waals surface area (Å²) in [6.45, 7) is 1.70. The summed E-state index contributed by atoms with van der Waals surface area (Å²) in [6.07, 6.45) is -1.15. The minimum Gasteiger partial charge on any atom is -0.481 e. The molecule has 0 aliphatic heterocycles. The lowest BCUT2D eigenvalue weighted by atomic mass is 10.2. The molecule has 0 atom stereocenters. The zero-order valence-electron chi connectivity index (χ0n) is 6.88. The molecule has 1 aromatic rings. The highest BCUT2D eigenvalue weighted by Gasteiger charge is 2.35. The number of aliphatic carboxylic acids is 1. The number of halogens is 2. The number of aryl methyl sites for hydroxylation is 1. The number of alkyl halides is 2. The van der Waals surface area contributed by atoms with Crippen LogP contribution in [0.5, 0.6) is 0 Å². The van der Waals surface area contributed by atoms with Crippen LogP contribution in [0.1, 0.15) is 16.2 Å². The molecular formula is C8H8F2O2S. The zero-order valence-corrected chi connectivity index (χ0v) is 7.70. The average Bonchev–Trinajstić information content (AvgIpc) is 2.32. The summed E-state index contributed by atoms with van der Waals surface area (Å²) in [5, 5.41) is 8.24. The molecule has 0 aliphatic carbocycles. The van der Waals surface area contributed by atoms with Crippen molar-refractivity contribution in [1.29, 1.82) is 0 Å². The first-order valence-electron chi connectivity index (χ1n) is 3.58. The SMILES string of the molecule is Cc1ccc(C(F)(F)CC(=O)O)s1. The normalized spacial score (nSPS) is 11.6. The number of rotatable bonds is 3. The number of thiophene rings is 1. The predicted molar refractivity (Wildman–Crippen MR) is 45.2 cm³/mol. The molecule has 1 aromatic heterocycles. The average molecular weight is 206 g/mol. The van der Waals surface area contributed by atoms with Gasteiger partial charge in [0.05, 0.1) is 4.88 Å². The van der Waals surface area contributed by atoms with Crippen LogP contribution in [-0.4, -0.2) is 11.1 Å². The van der Waals surface area contributed by atoms with Crippen LogP contribution in [0.15, 0.2) is 12.1 Å². The zero-order chi connectivity index (χ0) is 10.1. The van der Waals surface area contributed by atoms with E-state index in [1.807, 2.05) is 0 Å².